The lowest BCUT2D eigenvalue weighted by Crippen LogP contribution is -2.49. The molecule has 3 aliphatic rings. The summed E-state index contributed by atoms with van der Waals surface area (Å²) in [5.41, 5.74) is 0. The van der Waals surface area contributed by atoms with Gasteiger partial charge in [0.1, 0.15) is 0 Å². The molecule has 128 valence electrons. The summed E-state index contributed by atoms with van der Waals surface area (Å²) in [6.45, 7) is 6.46. The van der Waals surface area contributed by atoms with Crippen LogP contribution < -0.4 is 5.32 Å². The lowest BCUT2D eigenvalue weighted by molar-refractivity contribution is -0.130. The Morgan fingerprint density at radius 2 is 1.73 bits per heavy atom. The summed E-state index contributed by atoms with van der Waals surface area (Å²) in [4.78, 5) is 17.1. The van der Waals surface area contributed by atoms with Crippen LogP contribution in [0.15, 0.2) is 0 Å². The smallest absolute Gasteiger partial charge is 0.222 e. The normalized spacial score (nSPS) is 27.6. The molecular formula is C17H32ClN3O. The molecule has 2 saturated heterocycles. The summed E-state index contributed by atoms with van der Waals surface area (Å²) in [6, 6.07) is 0.616. The molecule has 0 aromatic heterocycles. The molecule has 3 fully saturated rings. The number of nitrogens with zero attached hydrogens (tertiary/aromatic N) is 2. The van der Waals surface area contributed by atoms with Gasteiger partial charge in [-0.1, -0.05) is 32.1 Å². The lowest BCUT2D eigenvalue weighted by atomic mass is 9.86. The van der Waals surface area contributed by atoms with Crippen LogP contribution in [-0.4, -0.2) is 61.0 Å². The van der Waals surface area contributed by atoms with Crippen molar-refractivity contribution in [1.82, 2.24) is 15.1 Å². The second kappa shape index (κ2) is 9.09. The SMILES string of the molecule is Cl.O=C(CCC1CCCCC1)N1CCC(N2CCNCC2)C1. The first-order valence-corrected chi connectivity index (χ1v) is 9.05. The number of hydrogen-bond acceptors (Lipinski definition) is 3. The molecule has 22 heavy (non-hydrogen) atoms. The number of halogens is 1. The second-order valence-electron chi connectivity index (χ2n) is 7.11. The molecule has 0 spiro atoms. The van der Waals surface area contributed by atoms with E-state index in [0.717, 1.165) is 58.0 Å². The monoisotopic (exact) mass is 329 g/mol. The molecule has 1 atom stereocenters. The number of carbonyl (C=O) groups is 1. The quantitative estimate of drug-likeness (QED) is 0.859. The Balaban J connectivity index is 0.00000176. The zero-order chi connectivity index (χ0) is 14.5. The van der Waals surface area contributed by atoms with Crippen molar-refractivity contribution in [2.45, 2.75) is 57.4 Å². The fourth-order valence-electron chi connectivity index (χ4n) is 4.28. The van der Waals surface area contributed by atoms with Crippen molar-refractivity contribution in [2.24, 2.45) is 5.92 Å². The molecule has 1 unspecified atom stereocenters. The number of carbonyl (C=O) groups excluding carboxylic acids is 1. The highest BCUT2D eigenvalue weighted by Gasteiger charge is 2.30. The average Bonchev–Trinajstić information content (AvgIpc) is 3.04. The van der Waals surface area contributed by atoms with E-state index >= 15 is 0 Å². The van der Waals surface area contributed by atoms with Crippen molar-refractivity contribution in [3.8, 4) is 0 Å². The number of amides is 1. The van der Waals surface area contributed by atoms with E-state index < -0.39 is 0 Å². The van der Waals surface area contributed by atoms with Crippen molar-refractivity contribution in [3.05, 3.63) is 0 Å². The van der Waals surface area contributed by atoms with E-state index in [4.69, 9.17) is 0 Å². The van der Waals surface area contributed by atoms with Crippen molar-refractivity contribution >= 4 is 18.3 Å². The molecule has 0 bridgehead atoms. The van der Waals surface area contributed by atoms with Gasteiger partial charge in [-0.15, -0.1) is 12.4 Å². The minimum absolute atomic E-state index is 0. The largest absolute Gasteiger partial charge is 0.341 e. The number of nitrogens with one attached hydrogen (secondary N) is 1. The minimum atomic E-state index is 0. The van der Waals surface area contributed by atoms with Crippen LogP contribution in [0.1, 0.15) is 51.4 Å². The summed E-state index contributed by atoms with van der Waals surface area (Å²) in [5, 5.41) is 3.41. The molecule has 3 rings (SSSR count). The van der Waals surface area contributed by atoms with E-state index in [0.29, 0.717) is 11.9 Å². The number of piperazine rings is 1. The first-order chi connectivity index (χ1) is 10.3. The highest BCUT2D eigenvalue weighted by molar-refractivity contribution is 5.85. The first kappa shape index (κ1) is 18.0. The molecule has 1 saturated carbocycles. The summed E-state index contributed by atoms with van der Waals surface area (Å²) in [6.07, 6.45) is 9.99. The van der Waals surface area contributed by atoms with Crippen LogP contribution in [0, 0.1) is 5.92 Å². The van der Waals surface area contributed by atoms with E-state index in [1.54, 1.807) is 0 Å². The minimum Gasteiger partial charge on any atom is -0.341 e. The first-order valence-electron chi connectivity index (χ1n) is 9.05. The predicted molar refractivity (Wildman–Crippen MR) is 92.5 cm³/mol. The molecule has 1 aliphatic carbocycles. The predicted octanol–water partition coefficient (Wildman–Crippen LogP) is 2.27. The zero-order valence-electron chi connectivity index (χ0n) is 13.8. The molecule has 5 heteroatoms. The van der Waals surface area contributed by atoms with Crippen LogP contribution in [0.3, 0.4) is 0 Å². The van der Waals surface area contributed by atoms with Gasteiger partial charge >= 0.3 is 0 Å². The molecule has 4 nitrogen and oxygen atoms in total. The van der Waals surface area contributed by atoms with Crippen molar-refractivity contribution < 1.29 is 4.79 Å². The molecular weight excluding hydrogens is 298 g/mol. The molecule has 2 aliphatic heterocycles. The Bertz CT molecular complexity index is 341. The van der Waals surface area contributed by atoms with Gasteiger partial charge in [0.05, 0.1) is 0 Å². The van der Waals surface area contributed by atoms with E-state index in [1.165, 1.54) is 38.5 Å². The summed E-state index contributed by atoms with van der Waals surface area (Å²) in [5.74, 6) is 1.24. The summed E-state index contributed by atoms with van der Waals surface area (Å²) < 4.78 is 0. The number of hydrogen-bond donors (Lipinski definition) is 1. The van der Waals surface area contributed by atoms with Gasteiger partial charge in [0.25, 0.3) is 0 Å². The zero-order valence-corrected chi connectivity index (χ0v) is 14.6. The van der Waals surface area contributed by atoms with Crippen LogP contribution in [0.5, 0.6) is 0 Å². The molecule has 1 N–H and O–H groups in total. The van der Waals surface area contributed by atoms with Gasteiger partial charge in [-0.05, 0) is 18.8 Å². The molecule has 2 heterocycles. The van der Waals surface area contributed by atoms with E-state index in [9.17, 15) is 4.79 Å². The van der Waals surface area contributed by atoms with Crippen molar-refractivity contribution in [3.63, 3.8) is 0 Å². The van der Waals surface area contributed by atoms with Crippen molar-refractivity contribution in [1.29, 1.82) is 0 Å². The number of rotatable bonds is 4. The Hall–Kier alpha value is -0.320. The maximum atomic E-state index is 12.4. The average molecular weight is 330 g/mol. The highest BCUT2D eigenvalue weighted by Crippen LogP contribution is 2.28. The van der Waals surface area contributed by atoms with Gasteiger partial charge in [-0.3, -0.25) is 9.69 Å². The second-order valence-corrected chi connectivity index (χ2v) is 7.11. The van der Waals surface area contributed by atoms with Gasteiger partial charge in [0, 0.05) is 51.7 Å². The van der Waals surface area contributed by atoms with Crippen LogP contribution in [0.4, 0.5) is 0 Å². The van der Waals surface area contributed by atoms with Gasteiger partial charge < -0.3 is 10.2 Å². The lowest BCUT2D eigenvalue weighted by Gasteiger charge is -2.32. The Labute approximate surface area is 141 Å². The van der Waals surface area contributed by atoms with Crippen LogP contribution >= 0.6 is 12.4 Å². The Kier molecular flexibility index (Phi) is 7.45. The van der Waals surface area contributed by atoms with E-state index in [2.05, 4.69) is 15.1 Å². The summed E-state index contributed by atoms with van der Waals surface area (Å²) >= 11 is 0. The Morgan fingerprint density at radius 1 is 1.00 bits per heavy atom. The highest BCUT2D eigenvalue weighted by atomic mass is 35.5. The third kappa shape index (κ3) is 4.84. The number of likely N-dealkylation sites (tertiary alicyclic amines) is 1. The van der Waals surface area contributed by atoms with Gasteiger partial charge in [0.2, 0.25) is 5.91 Å². The van der Waals surface area contributed by atoms with Gasteiger partial charge in [0.15, 0.2) is 0 Å². The maximum absolute atomic E-state index is 12.4. The molecule has 0 aromatic carbocycles. The third-order valence-electron chi connectivity index (χ3n) is 5.68. The van der Waals surface area contributed by atoms with Crippen LogP contribution in [-0.2, 0) is 4.79 Å². The topological polar surface area (TPSA) is 35.6 Å². The van der Waals surface area contributed by atoms with Crippen LogP contribution in [0.2, 0.25) is 0 Å². The van der Waals surface area contributed by atoms with Crippen molar-refractivity contribution in [2.75, 3.05) is 39.3 Å². The van der Waals surface area contributed by atoms with Gasteiger partial charge in [-0.25, -0.2) is 0 Å². The standard InChI is InChI=1S/C17H31N3O.ClH/c21-17(7-6-15-4-2-1-3-5-15)20-11-8-16(14-20)19-12-9-18-10-13-19;/h15-16,18H,1-14H2;1H. The molecule has 1 amide bonds. The molecule has 0 radical (unpaired) electrons. The van der Waals surface area contributed by atoms with E-state index in [-0.39, 0.29) is 12.4 Å². The van der Waals surface area contributed by atoms with Gasteiger partial charge in [-0.2, -0.15) is 0 Å². The maximum Gasteiger partial charge on any atom is 0.222 e. The van der Waals surface area contributed by atoms with Crippen LogP contribution in [0.25, 0.3) is 0 Å². The Morgan fingerprint density at radius 3 is 2.45 bits per heavy atom. The third-order valence-corrected chi connectivity index (χ3v) is 5.68. The fourth-order valence-corrected chi connectivity index (χ4v) is 4.28. The van der Waals surface area contributed by atoms with E-state index in [1.807, 2.05) is 0 Å². The summed E-state index contributed by atoms with van der Waals surface area (Å²) in [7, 11) is 0. The fraction of sp³-hybridized carbons (Fsp3) is 0.941. The molecule has 0 aromatic rings.